The van der Waals surface area contributed by atoms with Gasteiger partial charge in [-0.15, -0.1) is 0 Å². The van der Waals surface area contributed by atoms with Crippen LogP contribution in [-0.4, -0.2) is 42.5 Å². The highest BCUT2D eigenvalue weighted by Gasteiger charge is 2.40. The SMILES string of the molecule is CC(C)(C(=O)C1CCOC1)N1CCCCC1. The fourth-order valence-electron chi connectivity index (χ4n) is 2.85. The van der Waals surface area contributed by atoms with Crippen molar-refractivity contribution in [2.24, 2.45) is 5.92 Å². The van der Waals surface area contributed by atoms with E-state index < -0.39 is 0 Å². The second-order valence-electron chi connectivity index (χ2n) is 5.53. The van der Waals surface area contributed by atoms with E-state index in [1.165, 1.54) is 19.3 Å². The van der Waals surface area contributed by atoms with Crippen molar-refractivity contribution in [3.05, 3.63) is 0 Å². The Balaban J connectivity index is 2.01. The van der Waals surface area contributed by atoms with Crippen molar-refractivity contribution in [2.45, 2.75) is 45.1 Å². The van der Waals surface area contributed by atoms with Crippen molar-refractivity contribution < 1.29 is 9.53 Å². The van der Waals surface area contributed by atoms with Crippen molar-refractivity contribution in [2.75, 3.05) is 26.3 Å². The van der Waals surface area contributed by atoms with Crippen LogP contribution in [0.3, 0.4) is 0 Å². The lowest BCUT2D eigenvalue weighted by Gasteiger charge is -2.40. The third-order valence-electron chi connectivity index (χ3n) is 4.05. The minimum Gasteiger partial charge on any atom is -0.381 e. The number of hydrogen-bond donors (Lipinski definition) is 0. The molecular weight excluding hydrogens is 202 g/mol. The molecule has 0 aromatic carbocycles. The van der Waals surface area contributed by atoms with Gasteiger partial charge in [0.2, 0.25) is 0 Å². The van der Waals surface area contributed by atoms with Crippen LogP contribution in [0.25, 0.3) is 0 Å². The van der Waals surface area contributed by atoms with Crippen LogP contribution in [0.4, 0.5) is 0 Å². The van der Waals surface area contributed by atoms with Gasteiger partial charge in [0.25, 0.3) is 0 Å². The predicted octanol–water partition coefficient (Wildman–Crippen LogP) is 1.86. The molecule has 0 N–H and O–H groups in total. The molecule has 92 valence electrons. The number of nitrogens with zero attached hydrogens (tertiary/aromatic N) is 1. The first-order chi connectivity index (χ1) is 7.62. The summed E-state index contributed by atoms with van der Waals surface area (Å²) in [5.41, 5.74) is -0.293. The summed E-state index contributed by atoms with van der Waals surface area (Å²) < 4.78 is 5.32. The molecule has 2 heterocycles. The molecule has 2 rings (SSSR count). The third-order valence-corrected chi connectivity index (χ3v) is 4.05. The van der Waals surface area contributed by atoms with E-state index in [9.17, 15) is 4.79 Å². The summed E-state index contributed by atoms with van der Waals surface area (Å²) in [6.45, 7) is 7.71. The molecule has 0 bridgehead atoms. The standard InChI is InChI=1S/C13H23NO2/c1-13(2,14-7-4-3-5-8-14)12(15)11-6-9-16-10-11/h11H,3-10H2,1-2H3. The first-order valence-electron chi connectivity index (χ1n) is 6.49. The molecule has 3 nitrogen and oxygen atoms in total. The van der Waals surface area contributed by atoms with Crippen molar-refractivity contribution >= 4 is 5.78 Å². The minimum absolute atomic E-state index is 0.136. The molecule has 1 unspecified atom stereocenters. The van der Waals surface area contributed by atoms with E-state index in [0.29, 0.717) is 12.4 Å². The number of piperidine rings is 1. The van der Waals surface area contributed by atoms with Crippen molar-refractivity contribution in [1.29, 1.82) is 0 Å². The Morgan fingerprint density at radius 2 is 1.94 bits per heavy atom. The van der Waals surface area contributed by atoms with Crippen LogP contribution in [0, 0.1) is 5.92 Å². The molecule has 0 amide bonds. The van der Waals surface area contributed by atoms with E-state index in [0.717, 1.165) is 26.1 Å². The zero-order chi connectivity index (χ0) is 11.6. The van der Waals surface area contributed by atoms with E-state index in [1.807, 2.05) is 0 Å². The van der Waals surface area contributed by atoms with Crippen LogP contribution >= 0.6 is 0 Å². The summed E-state index contributed by atoms with van der Waals surface area (Å²) in [7, 11) is 0. The lowest BCUT2D eigenvalue weighted by molar-refractivity contribution is -0.134. The lowest BCUT2D eigenvalue weighted by Crippen LogP contribution is -2.54. The average Bonchev–Trinajstić information content (AvgIpc) is 2.82. The molecule has 2 fully saturated rings. The number of Topliss-reactive ketones (excluding diaryl/α,β-unsaturated/α-hetero) is 1. The van der Waals surface area contributed by atoms with E-state index in [1.54, 1.807) is 0 Å². The summed E-state index contributed by atoms with van der Waals surface area (Å²) in [5, 5.41) is 0. The highest BCUT2D eigenvalue weighted by atomic mass is 16.5. The van der Waals surface area contributed by atoms with Crippen molar-refractivity contribution in [3.63, 3.8) is 0 Å². The van der Waals surface area contributed by atoms with Crippen molar-refractivity contribution in [3.8, 4) is 0 Å². The van der Waals surface area contributed by atoms with Crippen LogP contribution in [0.15, 0.2) is 0 Å². The van der Waals surface area contributed by atoms with Crippen LogP contribution < -0.4 is 0 Å². The minimum atomic E-state index is -0.293. The Bertz CT molecular complexity index is 251. The fraction of sp³-hybridized carbons (Fsp3) is 0.923. The molecular formula is C13H23NO2. The average molecular weight is 225 g/mol. The van der Waals surface area contributed by atoms with Gasteiger partial charge in [0, 0.05) is 12.5 Å². The zero-order valence-electron chi connectivity index (χ0n) is 10.5. The molecule has 0 aromatic rings. The maximum atomic E-state index is 12.4. The molecule has 0 radical (unpaired) electrons. The summed E-state index contributed by atoms with van der Waals surface area (Å²) in [5.74, 6) is 0.517. The molecule has 0 aliphatic carbocycles. The largest absolute Gasteiger partial charge is 0.381 e. The van der Waals surface area contributed by atoms with Crippen LogP contribution in [-0.2, 0) is 9.53 Å². The Labute approximate surface area is 98.1 Å². The summed E-state index contributed by atoms with van der Waals surface area (Å²) in [6.07, 6.45) is 4.69. The van der Waals surface area contributed by atoms with Gasteiger partial charge in [-0.3, -0.25) is 9.69 Å². The van der Waals surface area contributed by atoms with Crippen LogP contribution in [0.1, 0.15) is 39.5 Å². The number of likely N-dealkylation sites (tertiary alicyclic amines) is 1. The van der Waals surface area contributed by atoms with Gasteiger partial charge in [-0.2, -0.15) is 0 Å². The van der Waals surface area contributed by atoms with Gasteiger partial charge in [-0.1, -0.05) is 6.42 Å². The molecule has 0 aromatic heterocycles. The van der Waals surface area contributed by atoms with Gasteiger partial charge in [0.1, 0.15) is 0 Å². The van der Waals surface area contributed by atoms with Gasteiger partial charge >= 0.3 is 0 Å². The molecule has 1 atom stereocenters. The van der Waals surface area contributed by atoms with Crippen molar-refractivity contribution in [1.82, 2.24) is 4.90 Å². The Morgan fingerprint density at radius 1 is 1.25 bits per heavy atom. The quantitative estimate of drug-likeness (QED) is 0.734. The zero-order valence-corrected chi connectivity index (χ0v) is 10.5. The maximum absolute atomic E-state index is 12.4. The summed E-state index contributed by atoms with van der Waals surface area (Å²) in [6, 6.07) is 0. The molecule has 16 heavy (non-hydrogen) atoms. The number of hydrogen-bond acceptors (Lipinski definition) is 3. The van der Waals surface area contributed by atoms with Gasteiger partial charge in [-0.25, -0.2) is 0 Å². The number of ketones is 1. The van der Waals surface area contributed by atoms with E-state index in [4.69, 9.17) is 4.74 Å². The van der Waals surface area contributed by atoms with E-state index >= 15 is 0 Å². The van der Waals surface area contributed by atoms with Gasteiger partial charge < -0.3 is 4.74 Å². The highest BCUT2D eigenvalue weighted by molar-refractivity contribution is 5.90. The third kappa shape index (κ3) is 2.30. The predicted molar refractivity (Wildman–Crippen MR) is 63.4 cm³/mol. The number of rotatable bonds is 3. The Hall–Kier alpha value is -0.410. The Kier molecular flexibility index (Phi) is 3.65. The van der Waals surface area contributed by atoms with Gasteiger partial charge in [-0.05, 0) is 46.2 Å². The normalized spacial score (nSPS) is 28.2. The molecule has 0 saturated carbocycles. The first kappa shape index (κ1) is 12.1. The number of carbonyl (C=O) groups is 1. The second kappa shape index (κ2) is 4.84. The highest BCUT2D eigenvalue weighted by Crippen LogP contribution is 2.27. The van der Waals surface area contributed by atoms with E-state index in [-0.39, 0.29) is 11.5 Å². The van der Waals surface area contributed by atoms with E-state index in [2.05, 4.69) is 18.7 Å². The van der Waals surface area contributed by atoms with Crippen LogP contribution in [0.2, 0.25) is 0 Å². The molecule has 2 aliphatic rings. The topological polar surface area (TPSA) is 29.5 Å². The lowest BCUT2D eigenvalue weighted by atomic mass is 9.85. The molecule has 2 saturated heterocycles. The smallest absolute Gasteiger partial charge is 0.157 e. The second-order valence-corrected chi connectivity index (χ2v) is 5.53. The molecule has 0 spiro atoms. The Morgan fingerprint density at radius 3 is 2.50 bits per heavy atom. The molecule has 3 heteroatoms. The monoisotopic (exact) mass is 225 g/mol. The fourth-order valence-corrected chi connectivity index (χ4v) is 2.85. The van der Waals surface area contributed by atoms with Crippen LogP contribution in [0.5, 0.6) is 0 Å². The number of ether oxygens (including phenoxy) is 1. The summed E-state index contributed by atoms with van der Waals surface area (Å²) in [4.78, 5) is 14.8. The van der Waals surface area contributed by atoms with Gasteiger partial charge in [0.15, 0.2) is 5.78 Å². The molecule has 2 aliphatic heterocycles. The van der Waals surface area contributed by atoms with Gasteiger partial charge in [0.05, 0.1) is 12.1 Å². The first-order valence-corrected chi connectivity index (χ1v) is 6.49. The number of carbonyl (C=O) groups excluding carboxylic acids is 1. The maximum Gasteiger partial charge on any atom is 0.157 e. The summed E-state index contributed by atoms with van der Waals surface area (Å²) >= 11 is 0.